The van der Waals surface area contributed by atoms with Gasteiger partial charge in [0, 0.05) is 54.4 Å². The molecule has 36 heteroatoms. The highest BCUT2D eigenvalue weighted by atomic mass is 33.1. The Morgan fingerprint density at radius 3 is 2.36 bits per heavy atom. The topological polar surface area (TPSA) is 470 Å². The Bertz CT molecular complexity index is 2520. The molecular formula is C39H59N8O22P3S3. The van der Waals surface area contributed by atoms with E-state index in [4.69, 9.17) is 20.3 Å². The molecule has 0 bridgehead atoms. The Hall–Kier alpha value is -4.09. The van der Waals surface area contributed by atoms with Gasteiger partial charge in [0.2, 0.25) is 17.7 Å². The number of Topliss-reactive ketones (excluding diaryl/α,β-unsaturated/α-hetero) is 1. The van der Waals surface area contributed by atoms with E-state index >= 15 is 0 Å². The van der Waals surface area contributed by atoms with Crippen molar-refractivity contribution in [3.63, 3.8) is 0 Å². The van der Waals surface area contributed by atoms with E-state index < -0.39 is 115 Å². The third-order valence-corrected chi connectivity index (χ3v) is 19.0. The number of anilines is 1. The first kappa shape index (κ1) is 63.4. The molecule has 5 amide bonds. The molecule has 4 heterocycles. The van der Waals surface area contributed by atoms with Crippen molar-refractivity contribution >= 4 is 104 Å². The fraction of sp³-hybridized carbons (Fsp3) is 0.667. The zero-order valence-electron chi connectivity index (χ0n) is 39.9. The van der Waals surface area contributed by atoms with Crippen molar-refractivity contribution in [1.29, 1.82) is 0 Å². The van der Waals surface area contributed by atoms with Gasteiger partial charge in [0.25, 0.3) is 0 Å². The number of carbonyl (C=O) groups excluding carboxylic acids is 5. The van der Waals surface area contributed by atoms with Gasteiger partial charge in [0.1, 0.15) is 24.2 Å². The van der Waals surface area contributed by atoms with Gasteiger partial charge in [0.15, 0.2) is 5.78 Å². The number of aromatic nitrogens is 2. The van der Waals surface area contributed by atoms with Crippen molar-refractivity contribution in [3.8, 4) is 11.8 Å². The average Bonchev–Trinajstić information content (AvgIpc) is 3.98. The lowest BCUT2D eigenvalue weighted by Crippen LogP contribution is -2.46. The summed E-state index contributed by atoms with van der Waals surface area (Å²) in [5.41, 5.74) is 4.92. The molecule has 1 aromatic heterocycles. The third-order valence-electron chi connectivity index (χ3n) is 11.2. The van der Waals surface area contributed by atoms with Crippen LogP contribution in [0.25, 0.3) is 0 Å². The molecule has 3 fully saturated rings. The van der Waals surface area contributed by atoms with E-state index in [0.29, 0.717) is 30.8 Å². The van der Waals surface area contributed by atoms with Crippen LogP contribution in [0.1, 0.15) is 89.3 Å². The van der Waals surface area contributed by atoms with Crippen LogP contribution in [0.4, 0.5) is 10.6 Å². The number of phosphoric acid groups is 3. The summed E-state index contributed by atoms with van der Waals surface area (Å²) in [6.07, 6.45) is -2.05. The molecule has 3 aliphatic heterocycles. The number of ketones is 1. The Morgan fingerprint density at radius 2 is 1.68 bits per heavy atom. The lowest BCUT2D eigenvalue weighted by atomic mass is 9.92. The molecule has 3 aliphatic rings. The lowest BCUT2D eigenvalue weighted by Gasteiger charge is -2.22. The lowest BCUT2D eigenvalue weighted by molar-refractivity contribution is -0.144. The van der Waals surface area contributed by atoms with E-state index in [-0.39, 0.29) is 79.3 Å². The molecule has 14 N–H and O–H groups in total. The van der Waals surface area contributed by atoms with Gasteiger partial charge in [-0.15, -0.1) is 0 Å². The van der Waals surface area contributed by atoms with Crippen molar-refractivity contribution in [1.82, 2.24) is 36.1 Å². The Labute approximate surface area is 440 Å². The largest absolute Gasteiger partial charge is 0.490 e. The molecular weight excluding hydrogens is 1120 g/mol. The van der Waals surface area contributed by atoms with Crippen molar-refractivity contribution in [2.24, 2.45) is 5.92 Å². The van der Waals surface area contributed by atoms with Crippen molar-refractivity contribution in [3.05, 3.63) is 22.2 Å². The number of phosphoric ester groups is 1. The van der Waals surface area contributed by atoms with Crippen LogP contribution in [-0.4, -0.2) is 158 Å². The van der Waals surface area contributed by atoms with Crippen LogP contribution >= 0.6 is 56.8 Å². The summed E-state index contributed by atoms with van der Waals surface area (Å²) in [6, 6.07) is -2.52. The second-order valence-electron chi connectivity index (χ2n) is 16.9. The number of amides is 5. The normalized spacial score (nSPS) is 22.9. The van der Waals surface area contributed by atoms with Crippen LogP contribution in [0, 0.1) is 17.8 Å². The van der Waals surface area contributed by atoms with Crippen molar-refractivity contribution in [2.75, 3.05) is 36.1 Å². The summed E-state index contributed by atoms with van der Waals surface area (Å²) in [6.45, 7) is 0.366. The minimum atomic E-state index is -5.80. The first-order chi connectivity index (χ1) is 35.2. The van der Waals surface area contributed by atoms with Gasteiger partial charge < -0.3 is 71.9 Å². The number of carboxylic acid groups (broad SMARTS) is 2. The number of unbranched alkanes of at least 4 members (excludes halogenated alkanes) is 1. The number of nitrogens with two attached hydrogens (primary N) is 1. The minimum absolute atomic E-state index is 0.00702. The highest BCUT2D eigenvalue weighted by Gasteiger charge is 2.44. The number of thioether (sulfide) groups is 1. The van der Waals surface area contributed by atoms with Crippen LogP contribution < -0.4 is 38.0 Å². The third kappa shape index (κ3) is 22.1. The number of ether oxygens (including phenoxy) is 1. The number of aliphatic hydroxyl groups is 1. The molecule has 3 saturated heterocycles. The predicted octanol–water partition coefficient (Wildman–Crippen LogP) is 0.0767. The molecule has 0 aromatic carbocycles. The Kier molecular flexibility index (Phi) is 25.0. The number of hydrogen-bond acceptors (Lipinski definition) is 21. The number of carbonyl (C=O) groups is 7. The highest BCUT2D eigenvalue weighted by molar-refractivity contribution is 8.76. The number of nitrogen functional groups attached to an aromatic ring is 1. The number of hydrogen-bond donors (Lipinski definition) is 13. The molecule has 8 unspecified atom stereocenters. The molecule has 1 aromatic rings. The number of rotatable bonds is 32. The van der Waals surface area contributed by atoms with E-state index in [2.05, 4.69) is 56.6 Å². The molecule has 0 spiro atoms. The van der Waals surface area contributed by atoms with Gasteiger partial charge in [-0.1, -0.05) is 46.8 Å². The van der Waals surface area contributed by atoms with Crippen molar-refractivity contribution in [2.45, 2.75) is 125 Å². The Balaban J connectivity index is 1.23. The maximum atomic E-state index is 13.7. The Morgan fingerprint density at radius 1 is 0.960 bits per heavy atom. The first-order valence-corrected chi connectivity index (χ1v) is 31.0. The van der Waals surface area contributed by atoms with E-state index in [1.54, 1.807) is 11.8 Å². The standard InChI is InChI=1S/C39H59N8O22P3S3/c1-2-23(37(55)56)43-36(54)22(16-33(52)53)15-26(48)24(42-31(51)10-4-3-9-29-34-25(20-73-29)44-38(57)45-34)8-6-13-74-75-14-11-30(50)41-12-5-7-21-18-47(39(58)46-35(21)40)32-17-27(49)28(67-32)19-66-71(62,63)69-72(64,65)68-70(59,60)61/h18,22-25,27-29,32,34,49H,2-4,6,8-17,19-20H2,1H3,(H,41,50)(H,42,51)(H,43,54)(H,52,53)(H,55,56)(H,62,63)(H,64,65)(H2,40,46,58)(H2,44,45,57)(H2,59,60,61)/t22?,23?,24?,25-,27?,28?,29-,32?,34-/m0/s1. The number of aliphatic hydroxyl groups excluding tert-OH is 1. The number of carboxylic acids is 2. The van der Waals surface area contributed by atoms with Gasteiger partial charge in [-0.2, -0.15) is 25.4 Å². The maximum absolute atomic E-state index is 13.7. The van der Waals surface area contributed by atoms with Crippen LogP contribution in [0.15, 0.2) is 11.0 Å². The highest BCUT2D eigenvalue weighted by Crippen LogP contribution is 2.66. The summed E-state index contributed by atoms with van der Waals surface area (Å²) >= 11 is 1.74. The number of aliphatic carboxylic acids is 2. The van der Waals surface area contributed by atoms with Gasteiger partial charge in [-0.25, -0.2) is 28.1 Å². The summed E-state index contributed by atoms with van der Waals surface area (Å²) in [4.78, 5) is 140. The predicted molar refractivity (Wildman–Crippen MR) is 267 cm³/mol. The fourth-order valence-corrected chi connectivity index (χ4v) is 14.3. The summed E-state index contributed by atoms with van der Waals surface area (Å²) in [5.74, 6) is 0.203. The summed E-state index contributed by atoms with van der Waals surface area (Å²) in [7, 11) is -14.2. The molecule has 0 saturated carbocycles. The fourth-order valence-electron chi connectivity index (χ4n) is 7.60. The maximum Gasteiger partial charge on any atom is 0.490 e. The van der Waals surface area contributed by atoms with Crippen LogP contribution in [0.2, 0.25) is 0 Å². The number of fused-ring (bicyclic) bond motifs is 1. The quantitative estimate of drug-likeness (QED) is 0.0149. The van der Waals surface area contributed by atoms with E-state index in [1.807, 2.05) is 0 Å². The van der Waals surface area contributed by atoms with E-state index in [0.717, 1.165) is 22.9 Å². The minimum Gasteiger partial charge on any atom is -0.481 e. The van der Waals surface area contributed by atoms with Crippen LogP contribution in [0.3, 0.4) is 0 Å². The van der Waals surface area contributed by atoms with E-state index in [1.165, 1.54) is 28.5 Å². The number of nitrogens with one attached hydrogen (secondary N) is 5. The second kappa shape index (κ2) is 29.6. The smallest absolute Gasteiger partial charge is 0.481 e. The number of nitrogens with zero attached hydrogens (tertiary/aromatic N) is 2. The van der Waals surface area contributed by atoms with Crippen molar-refractivity contribution < 1.29 is 100 Å². The van der Waals surface area contributed by atoms with Crippen LogP contribution in [0.5, 0.6) is 0 Å². The monoisotopic (exact) mass is 1180 g/mol. The SMILES string of the molecule is CCC(NC(=O)C(CC(=O)O)CC(=O)C(CCCSSCCC(=O)NCC#Cc1cn(C2CC(O)C(COP(=O)(O)OP(=O)(O)OP(=O)(O)O)O2)c(=O)nc1N)NC(=O)CCCC[C@@H]1SC[C@@H]2NC(=O)N[C@@H]21)C(=O)O. The zero-order valence-corrected chi connectivity index (χ0v) is 45.0. The molecule has 11 atom stereocenters. The molecule has 75 heavy (non-hydrogen) atoms. The first-order valence-electron chi connectivity index (χ1n) is 22.9. The van der Waals surface area contributed by atoms with Gasteiger partial charge in [-0.05, 0) is 32.1 Å². The molecule has 30 nitrogen and oxygen atoms in total. The zero-order chi connectivity index (χ0) is 55.7. The van der Waals surface area contributed by atoms with Gasteiger partial charge in [-0.3, -0.25) is 33.1 Å². The molecule has 4 rings (SSSR count). The van der Waals surface area contributed by atoms with E-state index in [9.17, 15) is 77.2 Å². The summed E-state index contributed by atoms with van der Waals surface area (Å²) < 4.78 is 52.7. The summed E-state index contributed by atoms with van der Waals surface area (Å²) in [5, 5.41) is 43.0. The second-order valence-corrected chi connectivity index (χ2v) is 25.3. The molecule has 420 valence electrons. The van der Waals surface area contributed by atoms with Crippen LogP contribution in [-0.2, 0) is 60.3 Å². The van der Waals surface area contributed by atoms with Gasteiger partial charge in [0.05, 0.1) is 55.3 Å². The molecule has 0 radical (unpaired) electrons. The number of urea groups is 1. The van der Waals surface area contributed by atoms with Gasteiger partial charge >= 0.3 is 47.1 Å². The molecule has 0 aliphatic carbocycles. The average molecular weight is 1180 g/mol.